The van der Waals surface area contributed by atoms with Crippen molar-refractivity contribution in [3.63, 3.8) is 0 Å². The van der Waals surface area contributed by atoms with Crippen LogP contribution in [0.1, 0.15) is 0 Å². The molecule has 9 nitrogen and oxygen atoms in total. The molecule has 0 N–H and O–H groups in total. The maximum Gasteiger partial charge on any atom is 0.164 e. The summed E-state index contributed by atoms with van der Waals surface area (Å²) in [6.07, 6.45) is 0. The summed E-state index contributed by atoms with van der Waals surface area (Å²) in [6.45, 7) is 0. The zero-order chi connectivity index (χ0) is 82.9. The summed E-state index contributed by atoms with van der Waals surface area (Å²) in [4.78, 5) is 45.4. The van der Waals surface area contributed by atoms with Gasteiger partial charge < -0.3 is 0 Å². The average Bonchev–Trinajstić information content (AvgIpc) is 1.13. The number of aromatic nitrogens is 9. The van der Waals surface area contributed by atoms with Crippen molar-refractivity contribution in [3.8, 4) is 136 Å². The van der Waals surface area contributed by atoms with E-state index in [-0.39, 0.29) is 0 Å². The minimum absolute atomic E-state index is 0.645. The van der Waals surface area contributed by atoms with E-state index in [1.165, 1.54) is 79.8 Å². The van der Waals surface area contributed by atoms with Crippen molar-refractivity contribution in [3.05, 3.63) is 443 Å². The highest BCUT2D eigenvalue weighted by Gasteiger charge is 2.22. The van der Waals surface area contributed by atoms with Gasteiger partial charge in [0.1, 0.15) is 0 Å². The lowest BCUT2D eigenvalue weighted by Gasteiger charge is -2.13. The summed E-state index contributed by atoms with van der Waals surface area (Å²) in [5.74, 6) is 5.94. The third-order valence-electron chi connectivity index (χ3n) is 23.3. The van der Waals surface area contributed by atoms with Crippen molar-refractivity contribution < 1.29 is 0 Å². The summed E-state index contributed by atoms with van der Waals surface area (Å²) in [5, 5.41) is 19.1. The van der Waals surface area contributed by atoms with Gasteiger partial charge in [-0.2, -0.15) is 0 Å². The van der Waals surface area contributed by atoms with E-state index in [1.54, 1.807) is 11.3 Å². The summed E-state index contributed by atoms with van der Waals surface area (Å²) in [5.41, 5.74) is 15.7. The first-order chi connectivity index (χ1) is 61.9. The molecule has 0 amide bonds. The van der Waals surface area contributed by atoms with Crippen LogP contribution in [0.3, 0.4) is 0 Å². The van der Waals surface area contributed by atoms with Crippen molar-refractivity contribution in [2.24, 2.45) is 0 Å². The van der Waals surface area contributed by atoms with Crippen LogP contribution in [0.4, 0.5) is 0 Å². The van der Waals surface area contributed by atoms with Gasteiger partial charge >= 0.3 is 0 Å². The standard InChI is InChI=1S/C41H27N3.C39H25N3.C35H21N3S/c1-3-12-28(13-4-1)30-22-24-31(25-23-30)39-42-40(34-18-11-17-32(26-34)29-14-5-2-6-15-29)44-41(43-39)38-27-33-16-7-8-19-35(33)36-20-9-10-21-37(36)38;1-2-10-26(11-3-1)28-18-21-29(22-19-28)37-40-38(32-23-20-27-12-4-5-13-30(27)24-32)42-39(41-37)36-25-31-14-6-7-15-33(31)34-16-8-9-17-35(34)36;1-2-9-23(10-3-1)33-36-34(25-16-18-28-24(20-25)15-14-22-8-4-5-11-27(22)28)38-35(37-33)26-17-19-30-29-12-6-7-13-31(29)39-32(30)21-26/h1-27H;1-25H;1-21H. The number of thiophene rings is 1. The van der Waals surface area contributed by atoms with Gasteiger partial charge in [0.2, 0.25) is 0 Å². The van der Waals surface area contributed by atoms with Gasteiger partial charge in [0.25, 0.3) is 0 Å². The summed E-state index contributed by atoms with van der Waals surface area (Å²) in [6, 6.07) is 154. The van der Waals surface area contributed by atoms with Crippen LogP contribution >= 0.6 is 11.3 Å². The molecule has 0 atom stereocenters. The molecule has 0 saturated heterocycles. The van der Waals surface area contributed by atoms with Gasteiger partial charge in [0.05, 0.1) is 0 Å². The third-order valence-corrected chi connectivity index (χ3v) is 24.5. The second-order valence-corrected chi connectivity index (χ2v) is 32.2. The van der Waals surface area contributed by atoms with Crippen LogP contribution in [0.25, 0.3) is 231 Å². The normalized spacial score (nSPS) is 11.4. The number of nitrogens with zero attached hydrogens (tertiary/aromatic N) is 9. The molecule has 0 bridgehead atoms. The fourth-order valence-corrected chi connectivity index (χ4v) is 18.2. The van der Waals surface area contributed by atoms with Crippen LogP contribution in [0, 0.1) is 0 Å². The van der Waals surface area contributed by atoms with E-state index < -0.39 is 0 Å². The first kappa shape index (κ1) is 74.7. The van der Waals surface area contributed by atoms with Crippen LogP contribution in [0.2, 0.25) is 0 Å². The minimum atomic E-state index is 0.645. The molecule has 0 radical (unpaired) electrons. The highest BCUT2D eigenvalue weighted by atomic mass is 32.1. The van der Waals surface area contributed by atoms with Crippen molar-refractivity contribution in [2.45, 2.75) is 0 Å². The lowest BCUT2D eigenvalue weighted by molar-refractivity contribution is 1.08. The second-order valence-electron chi connectivity index (χ2n) is 31.1. The predicted octanol–water partition coefficient (Wildman–Crippen LogP) is 30.1. The van der Waals surface area contributed by atoms with Crippen molar-refractivity contribution in [1.82, 2.24) is 44.9 Å². The summed E-state index contributed by atoms with van der Waals surface area (Å²) in [7, 11) is 0. The Morgan fingerprint density at radius 1 is 0.120 bits per heavy atom. The molecule has 24 rings (SSSR count). The molecule has 584 valence electrons. The third kappa shape index (κ3) is 15.0. The Morgan fingerprint density at radius 3 is 0.888 bits per heavy atom. The maximum absolute atomic E-state index is 5.13. The molecule has 0 aliphatic carbocycles. The molecule has 125 heavy (non-hydrogen) atoms. The number of hydrogen-bond acceptors (Lipinski definition) is 10. The SMILES string of the molecule is c1ccc(-c2ccc(-c3nc(-c4ccc5ccccc5c4)nc(-c4cc5ccccc5c5ccccc45)n3)cc2)cc1.c1ccc(-c2ccc(-c3nc(-c4cccc(-c5ccccc5)c4)nc(-c4cc5ccccc5c5ccccc45)n3)cc2)cc1.c1ccc(-c2nc(-c3ccc4c(ccc5ccccc54)c3)nc(-c3ccc4c(c3)sc3ccccc34)n2)cc1. The molecule has 0 aliphatic rings. The fourth-order valence-electron chi connectivity index (χ4n) is 17.0. The van der Waals surface area contributed by atoms with E-state index >= 15 is 0 Å². The topological polar surface area (TPSA) is 116 Å². The van der Waals surface area contributed by atoms with E-state index in [9.17, 15) is 0 Å². The van der Waals surface area contributed by atoms with Crippen molar-refractivity contribution >= 4 is 107 Å². The van der Waals surface area contributed by atoms with Crippen molar-refractivity contribution in [1.29, 1.82) is 0 Å². The number of fused-ring (bicyclic) bond motifs is 13. The molecule has 20 aromatic carbocycles. The van der Waals surface area contributed by atoms with Gasteiger partial charge in [-0.05, 0) is 151 Å². The van der Waals surface area contributed by atoms with E-state index in [4.69, 9.17) is 44.9 Å². The average molecular weight is 1610 g/mol. The van der Waals surface area contributed by atoms with E-state index in [0.29, 0.717) is 52.4 Å². The van der Waals surface area contributed by atoms with Gasteiger partial charge in [-0.1, -0.05) is 400 Å². The van der Waals surface area contributed by atoms with E-state index in [1.807, 2.05) is 48.5 Å². The van der Waals surface area contributed by atoms with Crippen LogP contribution in [-0.2, 0) is 0 Å². The molecule has 0 saturated carbocycles. The summed E-state index contributed by atoms with van der Waals surface area (Å²) >= 11 is 1.80. The Morgan fingerprint density at radius 2 is 0.384 bits per heavy atom. The van der Waals surface area contributed by atoms with Crippen LogP contribution in [0.5, 0.6) is 0 Å². The van der Waals surface area contributed by atoms with Gasteiger partial charge in [0.15, 0.2) is 52.4 Å². The molecule has 4 aromatic heterocycles. The number of benzene rings is 20. The molecule has 0 fully saturated rings. The number of hydrogen-bond donors (Lipinski definition) is 0. The zero-order valence-electron chi connectivity index (χ0n) is 67.6. The molecule has 0 unspecified atom stereocenters. The van der Waals surface area contributed by atoms with Crippen LogP contribution in [-0.4, -0.2) is 44.9 Å². The quantitative estimate of drug-likeness (QED) is 0.110. The molecule has 24 aromatic rings. The van der Waals surface area contributed by atoms with Crippen molar-refractivity contribution in [2.75, 3.05) is 0 Å². The molecule has 0 aliphatic heterocycles. The predicted molar refractivity (Wildman–Crippen MR) is 520 cm³/mol. The minimum Gasteiger partial charge on any atom is -0.208 e. The largest absolute Gasteiger partial charge is 0.208 e. The summed E-state index contributed by atoms with van der Waals surface area (Å²) < 4.78 is 2.52. The van der Waals surface area contributed by atoms with Crippen LogP contribution < -0.4 is 0 Å². The fraction of sp³-hybridized carbons (Fsp3) is 0. The van der Waals surface area contributed by atoms with Gasteiger partial charge in [-0.3, -0.25) is 0 Å². The molecule has 0 spiro atoms. The Bertz CT molecular complexity index is 8210. The second kappa shape index (κ2) is 32.9. The monoisotopic (exact) mass is 1610 g/mol. The van der Waals surface area contributed by atoms with E-state index in [2.05, 4.69) is 394 Å². The first-order valence-corrected chi connectivity index (χ1v) is 42.7. The van der Waals surface area contributed by atoms with Gasteiger partial charge in [-0.25, -0.2) is 44.9 Å². The smallest absolute Gasteiger partial charge is 0.164 e. The van der Waals surface area contributed by atoms with E-state index in [0.717, 1.165) is 99.3 Å². The van der Waals surface area contributed by atoms with Gasteiger partial charge in [0, 0.05) is 70.2 Å². The van der Waals surface area contributed by atoms with Gasteiger partial charge in [-0.15, -0.1) is 11.3 Å². The Balaban J connectivity index is 0.000000111. The highest BCUT2D eigenvalue weighted by molar-refractivity contribution is 7.25. The Hall–Kier alpha value is -16.5. The molecule has 10 heteroatoms. The molecule has 4 heterocycles. The molecular weight excluding hydrogens is 1540 g/mol. The Kier molecular flexibility index (Phi) is 19.7. The zero-order valence-corrected chi connectivity index (χ0v) is 68.4. The lowest BCUT2D eigenvalue weighted by atomic mass is 9.96. The Labute approximate surface area is 725 Å². The van der Waals surface area contributed by atoms with Crippen LogP contribution in [0.15, 0.2) is 443 Å². The highest BCUT2D eigenvalue weighted by Crippen LogP contribution is 2.42. The number of rotatable bonds is 12. The lowest BCUT2D eigenvalue weighted by Crippen LogP contribution is -2.01. The molecular formula is C115H73N9S. The maximum atomic E-state index is 5.13. The first-order valence-electron chi connectivity index (χ1n) is 41.9.